The van der Waals surface area contributed by atoms with E-state index < -0.39 is 0 Å². The molecule has 94 valence electrons. The van der Waals surface area contributed by atoms with Crippen molar-refractivity contribution in [3.63, 3.8) is 0 Å². The summed E-state index contributed by atoms with van der Waals surface area (Å²) in [7, 11) is 0. The van der Waals surface area contributed by atoms with Crippen molar-refractivity contribution in [3.05, 3.63) is 42.2 Å². The number of nitrogens with one attached hydrogen (secondary N) is 1. The molecule has 18 heavy (non-hydrogen) atoms. The summed E-state index contributed by atoms with van der Waals surface area (Å²) in [6, 6.07) is 8.42. The third kappa shape index (κ3) is 2.43. The molecule has 1 saturated heterocycles. The lowest BCUT2D eigenvalue weighted by molar-refractivity contribution is 0.375. The van der Waals surface area contributed by atoms with E-state index in [1.165, 1.54) is 24.9 Å². The molecule has 2 aromatic rings. The van der Waals surface area contributed by atoms with Crippen LogP contribution in [0.2, 0.25) is 0 Å². The van der Waals surface area contributed by atoms with Gasteiger partial charge in [-0.05, 0) is 49.9 Å². The van der Waals surface area contributed by atoms with E-state index in [-0.39, 0.29) is 0 Å². The largest absolute Gasteiger partial charge is 0.316 e. The molecule has 1 fully saturated rings. The van der Waals surface area contributed by atoms with Crippen LogP contribution in [0.15, 0.2) is 36.7 Å². The molecule has 1 aromatic heterocycles. The van der Waals surface area contributed by atoms with Crippen molar-refractivity contribution in [2.45, 2.75) is 19.3 Å². The monoisotopic (exact) mass is 242 g/mol. The number of rotatable bonds is 3. The van der Waals surface area contributed by atoms with Crippen LogP contribution >= 0.6 is 0 Å². The molecule has 0 amide bonds. The third-order valence-corrected chi connectivity index (χ3v) is 3.53. The van der Waals surface area contributed by atoms with E-state index in [1.807, 2.05) is 6.07 Å². The molecule has 1 atom stereocenters. The van der Waals surface area contributed by atoms with Gasteiger partial charge in [0, 0.05) is 0 Å². The van der Waals surface area contributed by atoms with E-state index in [0.29, 0.717) is 0 Å². The molecule has 1 aliphatic heterocycles. The number of aromatic nitrogens is 3. The molecule has 4 nitrogen and oxygen atoms in total. The Bertz CT molecular complexity index is 486. The lowest BCUT2D eigenvalue weighted by Gasteiger charge is -2.23. The second kappa shape index (κ2) is 5.31. The third-order valence-electron chi connectivity index (χ3n) is 3.53. The first kappa shape index (κ1) is 11.4. The summed E-state index contributed by atoms with van der Waals surface area (Å²) < 4.78 is 0. The second-order valence-electron chi connectivity index (χ2n) is 4.86. The van der Waals surface area contributed by atoms with Crippen LogP contribution in [0.25, 0.3) is 5.69 Å². The Balaban J connectivity index is 1.83. The van der Waals surface area contributed by atoms with Gasteiger partial charge in [0.2, 0.25) is 0 Å². The lowest BCUT2D eigenvalue weighted by Crippen LogP contribution is -2.31. The smallest absolute Gasteiger partial charge is 0.0888 e. The van der Waals surface area contributed by atoms with Gasteiger partial charge in [0.1, 0.15) is 0 Å². The summed E-state index contributed by atoms with van der Waals surface area (Å²) in [6.45, 7) is 2.29. The molecule has 4 heteroatoms. The van der Waals surface area contributed by atoms with Crippen LogP contribution in [-0.2, 0) is 6.42 Å². The van der Waals surface area contributed by atoms with Crippen molar-refractivity contribution in [2.24, 2.45) is 5.92 Å². The molecule has 1 N–H and O–H groups in total. The molecule has 0 radical (unpaired) electrons. The first-order valence-corrected chi connectivity index (χ1v) is 6.59. The van der Waals surface area contributed by atoms with Gasteiger partial charge in [-0.2, -0.15) is 15.0 Å². The Hall–Kier alpha value is -1.68. The zero-order valence-electron chi connectivity index (χ0n) is 10.4. The van der Waals surface area contributed by atoms with Crippen LogP contribution < -0.4 is 5.32 Å². The fraction of sp³-hybridized carbons (Fsp3) is 0.429. The molecule has 2 heterocycles. The fourth-order valence-corrected chi connectivity index (χ4v) is 2.63. The molecule has 1 aliphatic rings. The van der Waals surface area contributed by atoms with Crippen LogP contribution in [0.4, 0.5) is 0 Å². The zero-order chi connectivity index (χ0) is 12.2. The van der Waals surface area contributed by atoms with Gasteiger partial charge in [0.05, 0.1) is 18.1 Å². The van der Waals surface area contributed by atoms with Gasteiger partial charge in [0.25, 0.3) is 0 Å². The molecule has 0 saturated carbocycles. The van der Waals surface area contributed by atoms with Gasteiger partial charge in [-0.1, -0.05) is 18.2 Å². The number of hydrogen-bond acceptors (Lipinski definition) is 3. The summed E-state index contributed by atoms with van der Waals surface area (Å²) in [5, 5.41) is 11.9. The summed E-state index contributed by atoms with van der Waals surface area (Å²) in [6.07, 6.45) is 7.14. The van der Waals surface area contributed by atoms with E-state index in [1.54, 1.807) is 17.2 Å². The number of hydrogen-bond donors (Lipinski definition) is 1. The Morgan fingerprint density at radius 2 is 2.06 bits per heavy atom. The summed E-state index contributed by atoms with van der Waals surface area (Å²) >= 11 is 0. The fourth-order valence-electron chi connectivity index (χ4n) is 2.63. The van der Waals surface area contributed by atoms with E-state index in [0.717, 1.165) is 24.6 Å². The number of benzene rings is 1. The summed E-state index contributed by atoms with van der Waals surface area (Å²) in [4.78, 5) is 1.71. The normalized spacial score (nSPS) is 19.9. The van der Waals surface area contributed by atoms with Crippen molar-refractivity contribution < 1.29 is 0 Å². The van der Waals surface area contributed by atoms with Crippen LogP contribution in [-0.4, -0.2) is 28.1 Å². The van der Waals surface area contributed by atoms with Gasteiger partial charge < -0.3 is 5.32 Å². The topological polar surface area (TPSA) is 42.7 Å². The molecule has 0 spiro atoms. The standard InChI is InChI=1S/C14H18N4/c1-2-6-14(18-16-8-9-17-18)13(5-1)10-12-4-3-7-15-11-12/h1-2,5-6,8-9,12,15H,3-4,7,10-11H2. The summed E-state index contributed by atoms with van der Waals surface area (Å²) in [5.74, 6) is 0.732. The second-order valence-corrected chi connectivity index (χ2v) is 4.86. The van der Waals surface area contributed by atoms with Gasteiger partial charge >= 0.3 is 0 Å². The average Bonchev–Trinajstić information content (AvgIpc) is 2.94. The van der Waals surface area contributed by atoms with Crippen LogP contribution in [0.5, 0.6) is 0 Å². The quantitative estimate of drug-likeness (QED) is 0.892. The molecular formula is C14H18N4. The Kier molecular flexibility index (Phi) is 3.37. The predicted molar refractivity (Wildman–Crippen MR) is 70.7 cm³/mol. The number of para-hydroxylation sites is 1. The number of nitrogens with zero attached hydrogens (tertiary/aromatic N) is 3. The van der Waals surface area contributed by atoms with Crippen molar-refractivity contribution in [3.8, 4) is 5.69 Å². The maximum absolute atomic E-state index is 4.23. The van der Waals surface area contributed by atoms with E-state index in [4.69, 9.17) is 0 Å². The Morgan fingerprint density at radius 3 is 2.83 bits per heavy atom. The highest BCUT2D eigenvalue weighted by Crippen LogP contribution is 2.20. The van der Waals surface area contributed by atoms with Gasteiger partial charge in [-0.3, -0.25) is 0 Å². The summed E-state index contributed by atoms with van der Waals surface area (Å²) in [5.41, 5.74) is 2.44. The average molecular weight is 242 g/mol. The van der Waals surface area contributed by atoms with Crippen molar-refractivity contribution in [1.82, 2.24) is 20.3 Å². The molecule has 3 rings (SSSR count). The minimum absolute atomic E-state index is 0.732. The van der Waals surface area contributed by atoms with E-state index in [2.05, 4.69) is 33.7 Å². The van der Waals surface area contributed by atoms with E-state index in [9.17, 15) is 0 Å². The highest BCUT2D eigenvalue weighted by atomic mass is 15.5. The van der Waals surface area contributed by atoms with Gasteiger partial charge in [-0.25, -0.2) is 0 Å². The maximum atomic E-state index is 4.23. The zero-order valence-corrected chi connectivity index (χ0v) is 10.4. The highest BCUT2D eigenvalue weighted by Gasteiger charge is 2.15. The molecular weight excluding hydrogens is 224 g/mol. The maximum Gasteiger partial charge on any atom is 0.0888 e. The minimum atomic E-state index is 0.732. The first-order chi connectivity index (χ1) is 8.93. The van der Waals surface area contributed by atoms with Crippen molar-refractivity contribution >= 4 is 0 Å². The Morgan fingerprint density at radius 1 is 1.22 bits per heavy atom. The molecule has 0 aliphatic carbocycles. The SMILES string of the molecule is c1ccc(-n2nccn2)c(CC2CCCNC2)c1. The van der Waals surface area contributed by atoms with Gasteiger partial charge in [0.15, 0.2) is 0 Å². The lowest BCUT2D eigenvalue weighted by atomic mass is 9.92. The van der Waals surface area contributed by atoms with Crippen molar-refractivity contribution in [1.29, 1.82) is 0 Å². The van der Waals surface area contributed by atoms with Crippen LogP contribution in [0.3, 0.4) is 0 Å². The van der Waals surface area contributed by atoms with Crippen molar-refractivity contribution in [2.75, 3.05) is 13.1 Å². The van der Waals surface area contributed by atoms with E-state index >= 15 is 0 Å². The minimum Gasteiger partial charge on any atom is -0.316 e. The number of piperidine rings is 1. The predicted octanol–water partition coefficient (Wildman–Crippen LogP) is 1.81. The molecule has 1 unspecified atom stereocenters. The first-order valence-electron chi connectivity index (χ1n) is 6.59. The van der Waals surface area contributed by atoms with Crippen LogP contribution in [0, 0.1) is 5.92 Å². The highest BCUT2D eigenvalue weighted by molar-refractivity contribution is 5.39. The molecule has 0 bridgehead atoms. The van der Waals surface area contributed by atoms with Crippen LogP contribution in [0.1, 0.15) is 18.4 Å². The Labute approximate surface area is 107 Å². The molecule has 1 aromatic carbocycles. The van der Waals surface area contributed by atoms with Gasteiger partial charge in [-0.15, -0.1) is 0 Å².